The number of nitrogens with zero attached hydrogens (tertiary/aromatic N) is 2. The highest BCUT2D eigenvalue weighted by molar-refractivity contribution is 7.05. The minimum atomic E-state index is 0.350. The summed E-state index contributed by atoms with van der Waals surface area (Å²) in [6, 6.07) is 0.350. The van der Waals surface area contributed by atoms with Crippen LogP contribution in [0.1, 0.15) is 49.9 Å². The normalized spacial score (nSPS) is 18.9. The molecule has 0 aromatic carbocycles. The molecule has 1 atom stereocenters. The average molecular weight is 237 g/mol. The molecular weight excluding hydrogens is 218 g/mol. The van der Waals surface area contributed by atoms with E-state index in [-0.39, 0.29) is 0 Å². The highest BCUT2D eigenvalue weighted by Crippen LogP contribution is 2.30. The Morgan fingerprint density at radius 3 is 3.12 bits per heavy atom. The SMILES string of the molecule is CCNC(C1=CCCCCC1)c1cnns1. The Labute approximate surface area is 101 Å². The standard InChI is InChI=1S/C12H19N3S/c1-2-13-12(11-9-14-15-16-11)10-7-5-3-4-6-8-10/h7,9,12-13H,2-6,8H2,1H3. The molecular formula is C12H19N3S. The second kappa shape index (κ2) is 6.11. The van der Waals surface area contributed by atoms with E-state index in [1.165, 1.54) is 54.1 Å². The van der Waals surface area contributed by atoms with Crippen LogP contribution in [0.5, 0.6) is 0 Å². The number of aromatic nitrogens is 2. The molecule has 1 N–H and O–H groups in total. The summed E-state index contributed by atoms with van der Waals surface area (Å²) >= 11 is 1.51. The predicted molar refractivity (Wildman–Crippen MR) is 67.5 cm³/mol. The molecule has 1 aromatic heterocycles. The summed E-state index contributed by atoms with van der Waals surface area (Å²) < 4.78 is 3.97. The first-order valence-corrected chi connectivity index (χ1v) is 6.88. The molecule has 88 valence electrons. The molecule has 0 radical (unpaired) electrons. The van der Waals surface area contributed by atoms with Crippen LogP contribution in [0.4, 0.5) is 0 Å². The van der Waals surface area contributed by atoms with Gasteiger partial charge in [-0.15, -0.1) is 5.10 Å². The molecule has 0 aliphatic heterocycles. The van der Waals surface area contributed by atoms with Crippen LogP contribution in [0.25, 0.3) is 0 Å². The van der Waals surface area contributed by atoms with Crippen molar-refractivity contribution in [3.8, 4) is 0 Å². The van der Waals surface area contributed by atoms with Gasteiger partial charge in [-0.2, -0.15) is 0 Å². The van der Waals surface area contributed by atoms with Crippen LogP contribution in [0.15, 0.2) is 17.8 Å². The van der Waals surface area contributed by atoms with Crippen LogP contribution in [0.3, 0.4) is 0 Å². The van der Waals surface area contributed by atoms with E-state index < -0.39 is 0 Å². The van der Waals surface area contributed by atoms with Crippen molar-refractivity contribution in [3.05, 3.63) is 22.7 Å². The lowest BCUT2D eigenvalue weighted by atomic mass is 10.0. The van der Waals surface area contributed by atoms with Gasteiger partial charge in [0.25, 0.3) is 0 Å². The van der Waals surface area contributed by atoms with Crippen molar-refractivity contribution in [2.75, 3.05) is 6.54 Å². The topological polar surface area (TPSA) is 37.8 Å². The van der Waals surface area contributed by atoms with Gasteiger partial charge in [-0.05, 0) is 43.8 Å². The van der Waals surface area contributed by atoms with Crippen molar-refractivity contribution in [2.45, 2.75) is 45.1 Å². The van der Waals surface area contributed by atoms with E-state index in [1.54, 1.807) is 0 Å². The van der Waals surface area contributed by atoms with E-state index in [1.807, 2.05) is 6.20 Å². The molecule has 1 aromatic rings. The Morgan fingerprint density at radius 1 is 1.44 bits per heavy atom. The molecule has 4 heteroatoms. The lowest BCUT2D eigenvalue weighted by Crippen LogP contribution is -2.22. The molecule has 0 saturated heterocycles. The second-order valence-electron chi connectivity index (χ2n) is 4.19. The lowest BCUT2D eigenvalue weighted by Gasteiger charge is -2.18. The first kappa shape index (κ1) is 11.7. The quantitative estimate of drug-likeness (QED) is 0.818. The first-order chi connectivity index (χ1) is 7.92. The molecule has 0 saturated carbocycles. The van der Waals surface area contributed by atoms with Crippen LogP contribution in [0, 0.1) is 0 Å². The number of likely N-dealkylation sites (N-methyl/N-ethyl adjacent to an activating group) is 1. The Balaban J connectivity index is 2.14. The number of hydrogen-bond donors (Lipinski definition) is 1. The van der Waals surface area contributed by atoms with Crippen molar-refractivity contribution in [1.82, 2.24) is 14.9 Å². The van der Waals surface area contributed by atoms with E-state index in [0.717, 1.165) is 6.54 Å². The van der Waals surface area contributed by atoms with E-state index in [2.05, 4.69) is 27.9 Å². The zero-order valence-electron chi connectivity index (χ0n) is 9.78. The van der Waals surface area contributed by atoms with E-state index in [4.69, 9.17) is 0 Å². The average Bonchev–Trinajstić information content (AvgIpc) is 2.69. The van der Waals surface area contributed by atoms with Crippen LogP contribution < -0.4 is 5.32 Å². The van der Waals surface area contributed by atoms with Crippen LogP contribution in [-0.2, 0) is 0 Å². The maximum atomic E-state index is 3.97. The van der Waals surface area contributed by atoms with E-state index in [9.17, 15) is 0 Å². The molecule has 2 rings (SSSR count). The molecule has 1 unspecified atom stereocenters. The van der Waals surface area contributed by atoms with Crippen molar-refractivity contribution in [3.63, 3.8) is 0 Å². The minimum absolute atomic E-state index is 0.350. The summed E-state index contributed by atoms with van der Waals surface area (Å²) in [5.41, 5.74) is 1.53. The van der Waals surface area contributed by atoms with Crippen molar-refractivity contribution < 1.29 is 0 Å². The minimum Gasteiger partial charge on any atom is -0.306 e. The third-order valence-electron chi connectivity index (χ3n) is 3.02. The maximum Gasteiger partial charge on any atom is 0.0672 e. The highest BCUT2D eigenvalue weighted by Gasteiger charge is 2.18. The molecule has 3 nitrogen and oxygen atoms in total. The molecule has 16 heavy (non-hydrogen) atoms. The zero-order chi connectivity index (χ0) is 11.2. The van der Waals surface area contributed by atoms with Gasteiger partial charge in [0, 0.05) is 0 Å². The van der Waals surface area contributed by atoms with Gasteiger partial charge >= 0.3 is 0 Å². The number of nitrogens with one attached hydrogen (secondary N) is 1. The molecule has 0 bridgehead atoms. The summed E-state index contributed by atoms with van der Waals surface area (Å²) in [5, 5.41) is 7.49. The van der Waals surface area contributed by atoms with Gasteiger partial charge in [-0.1, -0.05) is 29.5 Å². The Hall–Kier alpha value is -0.740. The fourth-order valence-corrected chi connectivity index (χ4v) is 2.85. The van der Waals surface area contributed by atoms with Gasteiger partial charge in [0.15, 0.2) is 0 Å². The summed E-state index contributed by atoms with van der Waals surface area (Å²) in [6.45, 7) is 3.14. The molecule has 1 heterocycles. The monoisotopic (exact) mass is 237 g/mol. The first-order valence-electron chi connectivity index (χ1n) is 6.11. The smallest absolute Gasteiger partial charge is 0.0672 e. The van der Waals surface area contributed by atoms with E-state index >= 15 is 0 Å². The molecule has 1 aliphatic carbocycles. The van der Waals surface area contributed by atoms with Crippen molar-refractivity contribution >= 4 is 11.5 Å². The molecule has 0 spiro atoms. The highest BCUT2D eigenvalue weighted by atomic mass is 32.1. The molecule has 0 amide bonds. The third-order valence-corrected chi connectivity index (χ3v) is 3.75. The van der Waals surface area contributed by atoms with E-state index in [0.29, 0.717) is 6.04 Å². The number of allylic oxidation sites excluding steroid dienone is 1. The zero-order valence-corrected chi connectivity index (χ0v) is 10.6. The van der Waals surface area contributed by atoms with Gasteiger partial charge in [0.1, 0.15) is 0 Å². The van der Waals surface area contributed by atoms with Gasteiger partial charge in [0.05, 0.1) is 17.1 Å². The fraction of sp³-hybridized carbons (Fsp3) is 0.667. The maximum absolute atomic E-state index is 3.97. The third kappa shape index (κ3) is 2.89. The summed E-state index contributed by atoms with van der Waals surface area (Å²) in [7, 11) is 0. The Kier molecular flexibility index (Phi) is 4.48. The fourth-order valence-electron chi connectivity index (χ4n) is 2.22. The molecule has 0 fully saturated rings. The van der Waals surface area contributed by atoms with Gasteiger partial charge in [0.2, 0.25) is 0 Å². The van der Waals surface area contributed by atoms with Crippen LogP contribution in [0.2, 0.25) is 0 Å². The largest absolute Gasteiger partial charge is 0.306 e. The predicted octanol–water partition coefficient (Wildman–Crippen LogP) is 3.08. The summed E-state index contributed by atoms with van der Waals surface area (Å²) in [5.74, 6) is 0. The van der Waals surface area contributed by atoms with Crippen molar-refractivity contribution in [2.24, 2.45) is 0 Å². The Bertz CT molecular complexity index is 332. The summed E-state index contributed by atoms with van der Waals surface area (Å²) in [4.78, 5) is 1.25. The van der Waals surface area contributed by atoms with Crippen LogP contribution >= 0.6 is 11.5 Å². The van der Waals surface area contributed by atoms with Gasteiger partial charge in [-0.3, -0.25) is 0 Å². The lowest BCUT2D eigenvalue weighted by molar-refractivity contribution is 0.596. The number of rotatable bonds is 4. The Morgan fingerprint density at radius 2 is 2.38 bits per heavy atom. The van der Waals surface area contributed by atoms with Gasteiger partial charge in [-0.25, -0.2) is 0 Å². The van der Waals surface area contributed by atoms with Crippen molar-refractivity contribution in [1.29, 1.82) is 0 Å². The molecule has 1 aliphatic rings. The summed E-state index contributed by atoms with van der Waals surface area (Å²) in [6.07, 6.45) is 10.8. The second-order valence-corrected chi connectivity index (χ2v) is 5.01. The van der Waals surface area contributed by atoms with Gasteiger partial charge < -0.3 is 5.32 Å². The number of hydrogen-bond acceptors (Lipinski definition) is 4. The van der Waals surface area contributed by atoms with Crippen LogP contribution in [-0.4, -0.2) is 16.1 Å².